The van der Waals surface area contributed by atoms with Gasteiger partial charge in [-0.1, -0.05) is 43.2 Å². The Labute approximate surface area is 171 Å². The van der Waals surface area contributed by atoms with Gasteiger partial charge in [-0.3, -0.25) is 9.59 Å². The van der Waals surface area contributed by atoms with Crippen molar-refractivity contribution in [2.24, 2.45) is 5.73 Å². The number of nitrogens with zero attached hydrogens (tertiary/aromatic N) is 1. The van der Waals surface area contributed by atoms with Crippen molar-refractivity contribution in [3.8, 4) is 0 Å². The van der Waals surface area contributed by atoms with Crippen LogP contribution in [0.15, 0.2) is 48.5 Å². The predicted molar refractivity (Wildman–Crippen MR) is 114 cm³/mol. The van der Waals surface area contributed by atoms with Crippen LogP contribution in [0.2, 0.25) is 0 Å². The Kier molecular flexibility index (Phi) is 6.06. The molecule has 0 aromatic heterocycles. The van der Waals surface area contributed by atoms with Crippen molar-refractivity contribution in [1.82, 2.24) is 0 Å². The number of para-hydroxylation sites is 1. The molecule has 1 saturated carbocycles. The number of rotatable bonds is 4. The minimum absolute atomic E-state index is 0. The zero-order valence-electron chi connectivity index (χ0n) is 15.8. The second-order valence-electron chi connectivity index (χ2n) is 7.62. The molecular weight excluding hydrogens is 374 g/mol. The normalized spacial score (nSPS) is 17.0. The first kappa shape index (κ1) is 20.4. The Hall–Kier alpha value is -2.37. The highest BCUT2D eigenvalue weighted by Crippen LogP contribution is 2.29. The smallest absolute Gasteiger partial charge is 0.244 e. The van der Waals surface area contributed by atoms with Crippen LogP contribution >= 0.6 is 12.4 Å². The number of carbonyl (C=O) groups excluding carboxylic acids is 2. The number of hydrogen-bond donors (Lipinski definition) is 2. The molecule has 2 amide bonds. The van der Waals surface area contributed by atoms with Crippen molar-refractivity contribution in [2.75, 3.05) is 16.8 Å². The summed E-state index contributed by atoms with van der Waals surface area (Å²) in [5.74, 6) is -0.0129. The van der Waals surface area contributed by atoms with Gasteiger partial charge in [0.15, 0.2) is 0 Å². The largest absolute Gasteiger partial charge is 0.324 e. The van der Waals surface area contributed by atoms with Crippen molar-refractivity contribution in [1.29, 1.82) is 0 Å². The summed E-state index contributed by atoms with van der Waals surface area (Å²) >= 11 is 0. The highest BCUT2D eigenvalue weighted by molar-refractivity contribution is 5.98. The van der Waals surface area contributed by atoms with Crippen molar-refractivity contribution in [2.45, 2.75) is 44.1 Å². The third-order valence-electron chi connectivity index (χ3n) is 5.70. The molecule has 2 aromatic rings. The average molecular weight is 400 g/mol. The van der Waals surface area contributed by atoms with Gasteiger partial charge in [-0.25, -0.2) is 0 Å². The first-order chi connectivity index (χ1) is 13.0. The number of nitrogens with one attached hydrogen (secondary N) is 1. The molecule has 0 radical (unpaired) electrons. The molecule has 1 heterocycles. The predicted octanol–water partition coefficient (Wildman–Crippen LogP) is 3.45. The van der Waals surface area contributed by atoms with E-state index in [9.17, 15) is 9.59 Å². The number of fused-ring (bicyclic) bond motifs is 1. The number of benzene rings is 2. The molecule has 5 nitrogen and oxygen atoms in total. The third-order valence-corrected chi connectivity index (χ3v) is 5.70. The van der Waals surface area contributed by atoms with Gasteiger partial charge >= 0.3 is 0 Å². The molecule has 0 bridgehead atoms. The van der Waals surface area contributed by atoms with Crippen LogP contribution in [0.25, 0.3) is 0 Å². The monoisotopic (exact) mass is 399 g/mol. The SMILES string of the molecule is Cl.NC1(C(=O)Nc2ccc(CC(=O)N3CCc4ccccc43)cc2)CCCC1. The first-order valence-corrected chi connectivity index (χ1v) is 9.63. The van der Waals surface area contributed by atoms with Gasteiger partial charge in [-0.2, -0.15) is 0 Å². The summed E-state index contributed by atoms with van der Waals surface area (Å²) in [6.07, 6.45) is 4.75. The maximum atomic E-state index is 12.7. The Morgan fingerprint density at radius 2 is 1.71 bits per heavy atom. The van der Waals surface area contributed by atoms with E-state index in [1.54, 1.807) is 0 Å². The summed E-state index contributed by atoms with van der Waals surface area (Å²) in [7, 11) is 0. The van der Waals surface area contributed by atoms with Crippen LogP contribution in [0.5, 0.6) is 0 Å². The average Bonchev–Trinajstić information content (AvgIpc) is 3.30. The van der Waals surface area contributed by atoms with Gasteiger partial charge in [0.05, 0.1) is 12.0 Å². The van der Waals surface area contributed by atoms with E-state index in [1.807, 2.05) is 47.4 Å². The van der Waals surface area contributed by atoms with Crippen LogP contribution in [0.4, 0.5) is 11.4 Å². The van der Waals surface area contributed by atoms with Crippen LogP contribution in [-0.2, 0) is 22.4 Å². The van der Waals surface area contributed by atoms with Crippen molar-refractivity contribution >= 4 is 35.6 Å². The molecule has 1 aliphatic heterocycles. The summed E-state index contributed by atoms with van der Waals surface area (Å²) in [4.78, 5) is 27.0. The molecule has 28 heavy (non-hydrogen) atoms. The van der Waals surface area contributed by atoms with Crippen LogP contribution in [-0.4, -0.2) is 23.9 Å². The van der Waals surface area contributed by atoms with Gasteiger partial charge < -0.3 is 16.0 Å². The molecule has 2 aromatic carbocycles. The van der Waals surface area contributed by atoms with E-state index in [0.29, 0.717) is 6.42 Å². The summed E-state index contributed by atoms with van der Waals surface area (Å²) < 4.78 is 0. The Balaban J connectivity index is 0.00000225. The molecule has 6 heteroatoms. The quantitative estimate of drug-likeness (QED) is 0.826. The third kappa shape index (κ3) is 4.05. The second kappa shape index (κ2) is 8.33. The van der Waals surface area contributed by atoms with Gasteiger partial charge in [0, 0.05) is 17.9 Å². The number of anilines is 2. The minimum Gasteiger partial charge on any atom is -0.324 e. The lowest BCUT2D eigenvalue weighted by atomic mass is 9.98. The molecule has 0 atom stereocenters. The first-order valence-electron chi connectivity index (χ1n) is 9.63. The molecule has 0 saturated heterocycles. The zero-order valence-corrected chi connectivity index (χ0v) is 16.6. The molecule has 1 fully saturated rings. The fourth-order valence-electron chi connectivity index (χ4n) is 4.06. The number of amides is 2. The number of halogens is 1. The van der Waals surface area contributed by atoms with Crippen LogP contribution < -0.4 is 16.0 Å². The molecule has 3 N–H and O–H groups in total. The zero-order chi connectivity index (χ0) is 18.9. The van der Waals surface area contributed by atoms with Crippen molar-refractivity contribution in [3.05, 3.63) is 59.7 Å². The maximum Gasteiger partial charge on any atom is 0.244 e. The number of hydrogen-bond acceptors (Lipinski definition) is 3. The highest BCUT2D eigenvalue weighted by Gasteiger charge is 2.36. The fourth-order valence-corrected chi connectivity index (χ4v) is 4.06. The van der Waals surface area contributed by atoms with E-state index in [2.05, 4.69) is 11.4 Å². The Morgan fingerprint density at radius 3 is 2.43 bits per heavy atom. The van der Waals surface area contributed by atoms with Gasteiger partial charge in [0.1, 0.15) is 0 Å². The van der Waals surface area contributed by atoms with E-state index in [4.69, 9.17) is 5.73 Å². The summed E-state index contributed by atoms with van der Waals surface area (Å²) in [6.45, 7) is 0.741. The molecule has 0 spiro atoms. The lowest BCUT2D eigenvalue weighted by Gasteiger charge is -2.22. The molecule has 0 unspecified atom stereocenters. The van der Waals surface area contributed by atoms with Gasteiger partial charge in [0.25, 0.3) is 0 Å². The van der Waals surface area contributed by atoms with E-state index in [-0.39, 0.29) is 24.2 Å². The molecule has 1 aliphatic carbocycles. The minimum atomic E-state index is -0.738. The maximum absolute atomic E-state index is 12.7. The second-order valence-corrected chi connectivity index (χ2v) is 7.62. The Bertz CT molecular complexity index is 860. The summed E-state index contributed by atoms with van der Waals surface area (Å²) in [5, 5.41) is 2.91. The molecular formula is C22H26ClN3O2. The van der Waals surface area contributed by atoms with E-state index < -0.39 is 5.54 Å². The standard InChI is InChI=1S/C22H25N3O2.ClH/c23-22(12-3-4-13-22)21(27)24-18-9-7-16(8-10-18)15-20(26)25-14-11-17-5-1-2-6-19(17)25;/h1-2,5-10H,3-4,11-15,23H2,(H,24,27);1H. The Morgan fingerprint density at radius 1 is 1.04 bits per heavy atom. The van der Waals surface area contributed by atoms with E-state index in [1.165, 1.54) is 5.56 Å². The van der Waals surface area contributed by atoms with Gasteiger partial charge in [-0.15, -0.1) is 12.4 Å². The van der Waals surface area contributed by atoms with Crippen LogP contribution in [0.1, 0.15) is 36.8 Å². The molecule has 2 aliphatic rings. The van der Waals surface area contributed by atoms with Crippen LogP contribution in [0.3, 0.4) is 0 Å². The summed E-state index contributed by atoms with van der Waals surface area (Å²) in [6, 6.07) is 15.5. The molecule has 148 valence electrons. The fraction of sp³-hybridized carbons (Fsp3) is 0.364. The number of nitrogens with two attached hydrogens (primary N) is 1. The van der Waals surface area contributed by atoms with Crippen LogP contribution in [0, 0.1) is 0 Å². The molecule has 4 rings (SSSR count). The van der Waals surface area contributed by atoms with E-state index in [0.717, 1.165) is 55.6 Å². The number of carbonyl (C=O) groups is 2. The van der Waals surface area contributed by atoms with Crippen molar-refractivity contribution in [3.63, 3.8) is 0 Å². The van der Waals surface area contributed by atoms with E-state index >= 15 is 0 Å². The summed E-state index contributed by atoms with van der Waals surface area (Å²) in [5.41, 5.74) is 9.36. The van der Waals surface area contributed by atoms with Gasteiger partial charge in [0.2, 0.25) is 11.8 Å². The van der Waals surface area contributed by atoms with Crippen molar-refractivity contribution < 1.29 is 9.59 Å². The lowest BCUT2D eigenvalue weighted by molar-refractivity contribution is -0.121. The van der Waals surface area contributed by atoms with Gasteiger partial charge in [-0.05, 0) is 48.6 Å². The topological polar surface area (TPSA) is 75.4 Å². The lowest BCUT2D eigenvalue weighted by Crippen LogP contribution is -2.48. The highest BCUT2D eigenvalue weighted by atomic mass is 35.5.